The highest BCUT2D eigenvalue weighted by Gasteiger charge is 2.21. The third-order valence-electron chi connectivity index (χ3n) is 5.47. The van der Waals surface area contributed by atoms with Gasteiger partial charge in [0.2, 0.25) is 0 Å². The van der Waals surface area contributed by atoms with Crippen LogP contribution in [0.15, 0.2) is 37.1 Å². The average Bonchev–Trinajstić information content (AvgIpc) is 3.25. The molecule has 0 aliphatic carbocycles. The zero-order valence-corrected chi connectivity index (χ0v) is 17.1. The van der Waals surface area contributed by atoms with Gasteiger partial charge in [-0.3, -0.25) is 4.57 Å². The molecule has 3 heterocycles. The zero-order valence-electron chi connectivity index (χ0n) is 17.1. The summed E-state index contributed by atoms with van der Waals surface area (Å²) in [6, 6.07) is 4.42. The summed E-state index contributed by atoms with van der Waals surface area (Å²) in [7, 11) is 6.19. The molecular formula is C20H31N7O. The number of hydrogen-bond donors (Lipinski definition) is 1. The monoisotopic (exact) mass is 385 g/mol. The van der Waals surface area contributed by atoms with Crippen molar-refractivity contribution in [3.05, 3.63) is 42.6 Å². The van der Waals surface area contributed by atoms with Gasteiger partial charge in [0.15, 0.2) is 0 Å². The van der Waals surface area contributed by atoms with E-state index in [-0.39, 0.29) is 6.03 Å². The summed E-state index contributed by atoms with van der Waals surface area (Å²) in [5.74, 6) is 0.789. The van der Waals surface area contributed by atoms with Crippen molar-refractivity contribution in [1.29, 1.82) is 0 Å². The number of piperidine rings is 1. The third-order valence-corrected chi connectivity index (χ3v) is 5.47. The van der Waals surface area contributed by atoms with Crippen LogP contribution < -0.4 is 5.32 Å². The normalized spacial score (nSPS) is 15.7. The maximum atomic E-state index is 12.4. The van der Waals surface area contributed by atoms with Gasteiger partial charge in [-0.15, -0.1) is 0 Å². The molecule has 0 aromatic carbocycles. The first-order valence-electron chi connectivity index (χ1n) is 9.84. The molecule has 1 aliphatic rings. The molecule has 8 heteroatoms. The first-order valence-corrected chi connectivity index (χ1v) is 9.84. The fraction of sp³-hybridized carbons (Fsp3) is 0.550. The number of urea groups is 1. The van der Waals surface area contributed by atoms with Gasteiger partial charge >= 0.3 is 6.03 Å². The number of likely N-dealkylation sites (tertiary alicyclic amines) is 1. The Kier molecular flexibility index (Phi) is 7.00. The SMILES string of the molecule is CN1CCC(N(C)CCN(C)C(=O)NCc2ccnc(-n3ccnc3)c2)CC1. The molecule has 0 spiro atoms. The van der Waals surface area contributed by atoms with Crippen LogP contribution in [-0.4, -0.2) is 88.6 Å². The number of likely N-dealkylation sites (N-methyl/N-ethyl adjacent to an activating group) is 2. The lowest BCUT2D eigenvalue weighted by Crippen LogP contribution is -2.46. The second-order valence-corrected chi connectivity index (χ2v) is 7.59. The quantitative estimate of drug-likeness (QED) is 0.781. The summed E-state index contributed by atoms with van der Waals surface area (Å²) >= 11 is 0. The van der Waals surface area contributed by atoms with E-state index in [0.29, 0.717) is 19.1 Å². The zero-order chi connectivity index (χ0) is 19.9. The highest BCUT2D eigenvalue weighted by Crippen LogP contribution is 2.13. The summed E-state index contributed by atoms with van der Waals surface area (Å²) in [6.07, 6.45) is 9.41. The van der Waals surface area contributed by atoms with Crippen LogP contribution in [0.5, 0.6) is 0 Å². The number of carbonyl (C=O) groups excluding carboxylic acids is 1. The van der Waals surface area contributed by atoms with Gasteiger partial charge in [0.25, 0.3) is 0 Å². The maximum Gasteiger partial charge on any atom is 0.317 e. The Bertz CT molecular complexity index is 741. The lowest BCUT2D eigenvalue weighted by molar-refractivity contribution is 0.135. The van der Waals surface area contributed by atoms with Crippen LogP contribution in [-0.2, 0) is 6.54 Å². The minimum absolute atomic E-state index is 0.0576. The highest BCUT2D eigenvalue weighted by atomic mass is 16.2. The molecule has 0 atom stereocenters. The fourth-order valence-corrected chi connectivity index (χ4v) is 3.45. The Labute approximate surface area is 167 Å². The van der Waals surface area contributed by atoms with Crippen molar-refractivity contribution in [3.8, 4) is 5.82 Å². The molecule has 1 saturated heterocycles. The topological polar surface area (TPSA) is 69.5 Å². The number of pyridine rings is 1. The van der Waals surface area contributed by atoms with Gasteiger partial charge in [-0.25, -0.2) is 14.8 Å². The second kappa shape index (κ2) is 9.66. The largest absolute Gasteiger partial charge is 0.334 e. The Morgan fingerprint density at radius 2 is 2.04 bits per heavy atom. The number of carbonyl (C=O) groups is 1. The molecule has 1 aliphatic heterocycles. The van der Waals surface area contributed by atoms with Gasteiger partial charge in [0.05, 0.1) is 0 Å². The van der Waals surface area contributed by atoms with Crippen molar-refractivity contribution >= 4 is 6.03 Å². The van der Waals surface area contributed by atoms with Gasteiger partial charge in [-0.05, 0) is 57.7 Å². The van der Waals surface area contributed by atoms with Crippen molar-refractivity contribution in [2.24, 2.45) is 0 Å². The van der Waals surface area contributed by atoms with Gasteiger partial charge < -0.3 is 20.0 Å². The van der Waals surface area contributed by atoms with E-state index in [1.165, 1.54) is 12.8 Å². The first-order chi connectivity index (χ1) is 13.5. The maximum absolute atomic E-state index is 12.4. The van der Waals surface area contributed by atoms with Crippen LogP contribution in [0, 0.1) is 0 Å². The molecule has 2 aromatic heterocycles. The molecule has 2 amide bonds. The average molecular weight is 386 g/mol. The van der Waals surface area contributed by atoms with Crippen LogP contribution in [0.2, 0.25) is 0 Å². The van der Waals surface area contributed by atoms with Crippen LogP contribution in [0.4, 0.5) is 4.79 Å². The number of nitrogens with zero attached hydrogens (tertiary/aromatic N) is 6. The van der Waals surface area contributed by atoms with Gasteiger partial charge in [0.1, 0.15) is 12.1 Å². The summed E-state index contributed by atoms with van der Waals surface area (Å²) in [5, 5.41) is 2.99. The van der Waals surface area contributed by atoms with Crippen LogP contribution in [0.25, 0.3) is 5.82 Å². The third kappa shape index (κ3) is 5.53. The molecule has 2 aromatic rings. The summed E-state index contributed by atoms with van der Waals surface area (Å²) in [4.78, 5) is 27.3. The van der Waals surface area contributed by atoms with Crippen molar-refractivity contribution in [3.63, 3.8) is 0 Å². The van der Waals surface area contributed by atoms with Crippen molar-refractivity contribution in [2.75, 3.05) is 47.3 Å². The number of aromatic nitrogens is 3. The van der Waals surface area contributed by atoms with E-state index in [0.717, 1.165) is 31.0 Å². The Morgan fingerprint density at radius 3 is 2.75 bits per heavy atom. The van der Waals surface area contributed by atoms with Crippen LogP contribution >= 0.6 is 0 Å². The number of hydrogen-bond acceptors (Lipinski definition) is 5. The molecule has 152 valence electrons. The Hall–Kier alpha value is -2.45. The fourth-order valence-electron chi connectivity index (χ4n) is 3.45. The Morgan fingerprint density at radius 1 is 1.25 bits per heavy atom. The van der Waals surface area contributed by atoms with Crippen LogP contribution in [0.1, 0.15) is 18.4 Å². The van der Waals surface area contributed by atoms with Crippen molar-refractivity contribution < 1.29 is 4.79 Å². The van der Waals surface area contributed by atoms with Gasteiger partial charge in [0, 0.05) is 51.3 Å². The smallest absolute Gasteiger partial charge is 0.317 e. The van der Waals surface area contributed by atoms with E-state index in [1.54, 1.807) is 23.6 Å². The molecule has 28 heavy (non-hydrogen) atoms. The van der Waals surface area contributed by atoms with Gasteiger partial charge in [-0.2, -0.15) is 0 Å². The van der Waals surface area contributed by atoms with E-state index in [4.69, 9.17) is 0 Å². The standard InChI is InChI=1S/C20H31N7O/c1-24-9-5-18(6-10-24)25(2)12-13-26(3)20(28)23-15-17-4-7-22-19(14-17)27-11-8-21-16-27/h4,7-8,11,14,16,18H,5-6,9-10,12-13,15H2,1-3H3,(H,23,28). The molecule has 0 saturated carbocycles. The predicted octanol–water partition coefficient (Wildman–Crippen LogP) is 1.43. The van der Waals surface area contributed by atoms with Gasteiger partial charge in [-0.1, -0.05) is 0 Å². The summed E-state index contributed by atoms with van der Waals surface area (Å²) in [6.45, 7) is 4.37. The predicted molar refractivity (Wildman–Crippen MR) is 109 cm³/mol. The lowest BCUT2D eigenvalue weighted by Gasteiger charge is -2.35. The van der Waals surface area contributed by atoms with Crippen molar-refractivity contribution in [2.45, 2.75) is 25.4 Å². The Balaban J connectivity index is 1.42. The summed E-state index contributed by atoms with van der Waals surface area (Å²) in [5.41, 5.74) is 1.00. The van der Waals surface area contributed by atoms with E-state index in [9.17, 15) is 4.79 Å². The molecule has 0 radical (unpaired) electrons. The minimum atomic E-state index is -0.0576. The molecule has 1 N–H and O–H groups in total. The number of imidazole rings is 1. The second-order valence-electron chi connectivity index (χ2n) is 7.59. The number of nitrogens with one attached hydrogen (secondary N) is 1. The summed E-state index contributed by atoms with van der Waals surface area (Å²) < 4.78 is 1.84. The van der Waals surface area contributed by atoms with E-state index >= 15 is 0 Å². The van der Waals surface area contributed by atoms with Crippen molar-refractivity contribution in [1.82, 2.24) is 34.6 Å². The van der Waals surface area contributed by atoms with Crippen LogP contribution in [0.3, 0.4) is 0 Å². The molecule has 0 bridgehead atoms. The molecule has 0 unspecified atom stereocenters. The molecule has 8 nitrogen and oxygen atoms in total. The lowest BCUT2D eigenvalue weighted by atomic mass is 10.0. The number of rotatable bonds is 7. The first kappa shape index (κ1) is 20.3. The number of amides is 2. The molecular weight excluding hydrogens is 354 g/mol. The minimum Gasteiger partial charge on any atom is -0.334 e. The van der Waals surface area contributed by atoms with E-state index < -0.39 is 0 Å². The molecule has 1 fully saturated rings. The van der Waals surface area contributed by atoms with E-state index in [1.807, 2.05) is 29.9 Å². The van der Waals surface area contributed by atoms with E-state index in [2.05, 4.69) is 39.2 Å². The molecule has 3 rings (SSSR count). The highest BCUT2D eigenvalue weighted by molar-refractivity contribution is 5.73.